The summed E-state index contributed by atoms with van der Waals surface area (Å²) in [5.74, 6) is 0.691. The van der Waals surface area contributed by atoms with Gasteiger partial charge in [-0.25, -0.2) is 0 Å². The van der Waals surface area contributed by atoms with Crippen LogP contribution in [0.2, 0.25) is 0 Å². The zero-order valence-electron chi connectivity index (χ0n) is 13.4. The molecule has 24 heavy (non-hydrogen) atoms. The van der Waals surface area contributed by atoms with Crippen LogP contribution in [-0.4, -0.2) is 21.9 Å². The second-order valence-electron chi connectivity index (χ2n) is 6.14. The molecule has 0 bridgehead atoms. The maximum absolute atomic E-state index is 13.2. The molecule has 1 aliphatic heterocycles. The fourth-order valence-electron chi connectivity index (χ4n) is 3.53. The van der Waals surface area contributed by atoms with Crippen molar-refractivity contribution in [3.8, 4) is 0 Å². The summed E-state index contributed by atoms with van der Waals surface area (Å²) in [7, 11) is 1.72. The normalized spacial score (nSPS) is 17.5. The third-order valence-electron chi connectivity index (χ3n) is 4.77. The largest absolute Gasteiger partial charge is 0.467 e. The van der Waals surface area contributed by atoms with Gasteiger partial charge < -0.3 is 13.9 Å². The number of carbonyl (C=O) groups is 1. The number of nitrogens with zero attached hydrogens (tertiary/aromatic N) is 2. The number of hydrogen-bond acceptors (Lipinski definition) is 3. The van der Waals surface area contributed by atoms with Gasteiger partial charge in [-0.05, 0) is 31.0 Å². The topological polar surface area (TPSA) is 55.5 Å². The summed E-state index contributed by atoms with van der Waals surface area (Å²) in [5.41, 5.74) is 1.06. The maximum Gasteiger partial charge on any atom is 0.255 e. The Morgan fingerprint density at radius 2 is 2.04 bits per heavy atom. The lowest BCUT2D eigenvalue weighted by molar-refractivity contribution is 0.0721. The van der Waals surface area contributed by atoms with Crippen molar-refractivity contribution in [1.82, 2.24) is 9.47 Å². The first kappa shape index (κ1) is 14.8. The maximum atomic E-state index is 13.2. The van der Waals surface area contributed by atoms with E-state index in [1.54, 1.807) is 17.9 Å². The number of aromatic nitrogens is 1. The molecule has 1 saturated heterocycles. The van der Waals surface area contributed by atoms with Crippen LogP contribution in [-0.2, 0) is 7.05 Å². The summed E-state index contributed by atoms with van der Waals surface area (Å²) >= 11 is 0. The summed E-state index contributed by atoms with van der Waals surface area (Å²) in [5, 5.41) is 0.801. The fourth-order valence-corrected chi connectivity index (χ4v) is 3.53. The number of para-hydroxylation sites is 1. The monoisotopic (exact) mass is 322 g/mol. The minimum absolute atomic E-state index is 0.0599. The molecule has 5 nitrogen and oxygen atoms in total. The Hall–Kier alpha value is -2.82. The van der Waals surface area contributed by atoms with Gasteiger partial charge in [0.1, 0.15) is 5.76 Å². The minimum Gasteiger partial charge on any atom is -0.467 e. The van der Waals surface area contributed by atoms with Crippen LogP contribution in [0.25, 0.3) is 10.9 Å². The molecule has 1 atom stereocenters. The average Bonchev–Trinajstić information content (AvgIpc) is 3.28. The second kappa shape index (κ2) is 5.67. The Labute approximate surface area is 139 Å². The van der Waals surface area contributed by atoms with Crippen molar-refractivity contribution < 1.29 is 9.21 Å². The van der Waals surface area contributed by atoms with Crippen LogP contribution in [0, 0.1) is 0 Å². The molecule has 3 aromatic rings. The van der Waals surface area contributed by atoms with Crippen LogP contribution in [0.15, 0.2) is 57.9 Å². The van der Waals surface area contributed by atoms with Crippen molar-refractivity contribution in [2.75, 3.05) is 6.54 Å². The lowest BCUT2D eigenvalue weighted by atomic mass is 10.1. The van der Waals surface area contributed by atoms with Gasteiger partial charge in [0.2, 0.25) is 0 Å². The van der Waals surface area contributed by atoms with Crippen LogP contribution in [0.5, 0.6) is 0 Å². The van der Waals surface area contributed by atoms with E-state index in [1.165, 1.54) is 6.07 Å². The summed E-state index contributed by atoms with van der Waals surface area (Å²) in [6.07, 6.45) is 3.44. The van der Waals surface area contributed by atoms with Crippen molar-refractivity contribution in [3.05, 3.63) is 70.4 Å². The van der Waals surface area contributed by atoms with Gasteiger partial charge >= 0.3 is 0 Å². The molecule has 4 rings (SSSR count). The summed E-state index contributed by atoms with van der Waals surface area (Å²) in [6.45, 7) is 0.674. The summed E-state index contributed by atoms with van der Waals surface area (Å²) in [4.78, 5) is 27.2. The molecule has 1 fully saturated rings. The van der Waals surface area contributed by atoms with Gasteiger partial charge in [0.25, 0.3) is 11.5 Å². The molecule has 0 spiro atoms. The van der Waals surface area contributed by atoms with Crippen molar-refractivity contribution in [1.29, 1.82) is 0 Å². The van der Waals surface area contributed by atoms with Crippen molar-refractivity contribution in [2.45, 2.75) is 18.9 Å². The van der Waals surface area contributed by atoms with Crippen molar-refractivity contribution in [3.63, 3.8) is 0 Å². The molecule has 5 heteroatoms. The van der Waals surface area contributed by atoms with Gasteiger partial charge in [0.05, 0.1) is 23.4 Å². The predicted molar refractivity (Wildman–Crippen MR) is 90.9 cm³/mol. The number of hydrogen-bond donors (Lipinski definition) is 0. The number of furan rings is 1. The van der Waals surface area contributed by atoms with Crippen LogP contribution in [0.3, 0.4) is 0 Å². The number of carbonyl (C=O) groups excluding carboxylic acids is 1. The van der Waals surface area contributed by atoms with E-state index >= 15 is 0 Å². The van der Waals surface area contributed by atoms with E-state index in [2.05, 4.69) is 0 Å². The highest BCUT2D eigenvalue weighted by molar-refractivity contribution is 6.06. The molecule has 0 N–H and O–H groups in total. The molecule has 2 aromatic heterocycles. The Kier molecular flexibility index (Phi) is 3.49. The molecule has 0 saturated carbocycles. The highest BCUT2D eigenvalue weighted by Gasteiger charge is 2.33. The standard InChI is InChI=1S/C19H18N2O3/c1-20-15-7-3-2-6-13(15)14(12-18(20)22)19(23)21-10-4-8-16(21)17-9-5-11-24-17/h2-3,5-7,9,11-12,16H,4,8,10H2,1H3/t16-/m0/s1. The van der Waals surface area contributed by atoms with E-state index in [4.69, 9.17) is 4.42 Å². The van der Waals surface area contributed by atoms with Crippen LogP contribution >= 0.6 is 0 Å². The van der Waals surface area contributed by atoms with E-state index in [-0.39, 0.29) is 17.5 Å². The quantitative estimate of drug-likeness (QED) is 0.728. The Morgan fingerprint density at radius 3 is 2.83 bits per heavy atom. The Balaban J connectivity index is 1.81. The van der Waals surface area contributed by atoms with E-state index in [1.807, 2.05) is 41.3 Å². The van der Waals surface area contributed by atoms with Gasteiger partial charge in [-0.1, -0.05) is 18.2 Å². The van der Waals surface area contributed by atoms with E-state index < -0.39 is 0 Å². The molecule has 0 aliphatic carbocycles. The molecule has 122 valence electrons. The first-order chi connectivity index (χ1) is 11.7. The predicted octanol–water partition coefficient (Wildman–Crippen LogP) is 3.11. The number of likely N-dealkylation sites (tertiary alicyclic amines) is 1. The fraction of sp³-hybridized carbons (Fsp3) is 0.263. The van der Waals surface area contributed by atoms with E-state index in [9.17, 15) is 9.59 Å². The van der Waals surface area contributed by atoms with Crippen LogP contribution in [0.1, 0.15) is 35.0 Å². The number of pyridine rings is 1. The summed E-state index contributed by atoms with van der Waals surface area (Å²) in [6, 6.07) is 12.6. The third kappa shape index (κ3) is 2.24. The van der Waals surface area contributed by atoms with Crippen molar-refractivity contribution >= 4 is 16.8 Å². The number of rotatable bonds is 2. The van der Waals surface area contributed by atoms with Gasteiger partial charge in [-0.3, -0.25) is 9.59 Å². The minimum atomic E-state index is -0.175. The van der Waals surface area contributed by atoms with Gasteiger partial charge in [0.15, 0.2) is 0 Å². The molecule has 1 amide bonds. The highest BCUT2D eigenvalue weighted by atomic mass is 16.3. The number of fused-ring (bicyclic) bond motifs is 1. The molecule has 3 heterocycles. The van der Waals surface area contributed by atoms with Gasteiger partial charge in [-0.15, -0.1) is 0 Å². The average molecular weight is 322 g/mol. The Bertz CT molecular complexity index is 956. The molecule has 1 aromatic carbocycles. The molecule has 1 aliphatic rings. The lowest BCUT2D eigenvalue weighted by Gasteiger charge is -2.24. The second-order valence-corrected chi connectivity index (χ2v) is 6.14. The van der Waals surface area contributed by atoms with Crippen LogP contribution < -0.4 is 5.56 Å². The molecular formula is C19H18N2O3. The van der Waals surface area contributed by atoms with Crippen molar-refractivity contribution in [2.24, 2.45) is 7.05 Å². The number of benzene rings is 1. The Morgan fingerprint density at radius 1 is 1.21 bits per heavy atom. The molecule has 0 radical (unpaired) electrons. The zero-order chi connectivity index (χ0) is 16.7. The number of amides is 1. The van der Waals surface area contributed by atoms with Gasteiger partial charge in [-0.2, -0.15) is 0 Å². The van der Waals surface area contributed by atoms with E-state index in [0.717, 1.165) is 29.5 Å². The molecule has 0 unspecified atom stereocenters. The molecular weight excluding hydrogens is 304 g/mol. The zero-order valence-corrected chi connectivity index (χ0v) is 13.4. The van der Waals surface area contributed by atoms with E-state index in [0.29, 0.717) is 12.1 Å². The van der Waals surface area contributed by atoms with Gasteiger partial charge in [0, 0.05) is 25.0 Å². The highest BCUT2D eigenvalue weighted by Crippen LogP contribution is 2.34. The smallest absolute Gasteiger partial charge is 0.255 e. The summed E-state index contributed by atoms with van der Waals surface area (Å²) < 4.78 is 7.07. The third-order valence-corrected chi connectivity index (χ3v) is 4.77. The first-order valence-corrected chi connectivity index (χ1v) is 8.10. The number of aryl methyl sites for hydroxylation is 1. The lowest BCUT2D eigenvalue weighted by Crippen LogP contribution is -2.32. The van der Waals surface area contributed by atoms with Crippen LogP contribution in [0.4, 0.5) is 0 Å². The first-order valence-electron chi connectivity index (χ1n) is 8.10. The SMILES string of the molecule is Cn1c(=O)cc(C(=O)N2CCC[C@H]2c2ccco2)c2ccccc21.